The zero-order valence-corrected chi connectivity index (χ0v) is 4.45. The van der Waals surface area contributed by atoms with E-state index in [-0.39, 0.29) is 0 Å². The maximum Gasteiger partial charge on any atom is 0.490 e. The van der Waals surface area contributed by atoms with Crippen molar-refractivity contribution < 1.29 is 31.9 Å². The van der Waals surface area contributed by atoms with Crippen molar-refractivity contribution in [2.45, 2.75) is 6.18 Å². The molecule has 0 saturated carbocycles. The first-order valence-corrected chi connectivity index (χ1v) is 1.78. The molecule has 0 radical (unpaired) electrons. The van der Waals surface area contributed by atoms with E-state index in [1.807, 2.05) is 0 Å². The molecule has 0 aromatic carbocycles. The average molecular weight is 166 g/mol. The monoisotopic (exact) mass is 166 g/mol. The molecule has 0 bridgehead atoms. The first-order chi connectivity index (χ1) is 4.36. The van der Waals surface area contributed by atoms with Crippen molar-refractivity contribution in [2.24, 2.45) is 0 Å². The second-order valence-corrected chi connectivity index (χ2v) is 0.904. The lowest BCUT2D eigenvalue weighted by Crippen LogP contribution is -2.21. The summed E-state index contributed by atoms with van der Waals surface area (Å²) in [5, 5.41) is 7.12. The summed E-state index contributed by atoms with van der Waals surface area (Å²) < 4.78 is 51.0. The molecule has 0 aromatic rings. The fourth-order valence-electron chi connectivity index (χ4n) is 0. The van der Waals surface area contributed by atoms with Crippen LogP contribution in [0, 0.1) is 0 Å². The van der Waals surface area contributed by atoms with Crippen LogP contribution in [-0.4, -0.2) is 24.2 Å². The van der Waals surface area contributed by atoms with Crippen LogP contribution in [0.5, 0.6) is 0 Å². The minimum absolute atomic E-state index is 1.75. The lowest BCUT2D eigenvalue weighted by molar-refractivity contribution is -0.192. The SMILES string of the molecule is FCF.O=C(O)C(F)(F)F. The molecule has 0 atom stereocenters. The summed E-state index contributed by atoms with van der Waals surface area (Å²) in [5.41, 5.74) is 0. The van der Waals surface area contributed by atoms with E-state index in [4.69, 9.17) is 9.90 Å². The van der Waals surface area contributed by atoms with Gasteiger partial charge >= 0.3 is 12.1 Å². The Bertz CT molecular complexity index is 97.6. The zero-order chi connectivity index (χ0) is 8.78. The molecule has 10 heavy (non-hydrogen) atoms. The van der Waals surface area contributed by atoms with Gasteiger partial charge in [0, 0.05) is 0 Å². The molecule has 0 rings (SSSR count). The van der Waals surface area contributed by atoms with Crippen LogP contribution in [0.3, 0.4) is 0 Å². The van der Waals surface area contributed by atoms with Crippen molar-refractivity contribution in [2.75, 3.05) is 6.93 Å². The standard InChI is InChI=1S/C2HF3O2.CH2F2/c3-2(4,5)1(6)7;2-1-3/h(H,6,7);1H2. The van der Waals surface area contributed by atoms with E-state index in [1.54, 1.807) is 0 Å². The van der Waals surface area contributed by atoms with Crippen LogP contribution in [0.15, 0.2) is 0 Å². The highest BCUT2D eigenvalue weighted by Gasteiger charge is 2.38. The Hall–Kier alpha value is -0.880. The third kappa shape index (κ3) is 10.2. The Kier molecular flexibility index (Phi) is 5.87. The minimum Gasteiger partial charge on any atom is -0.475 e. The molecule has 0 amide bonds. The highest BCUT2D eigenvalue weighted by atomic mass is 19.4. The molecule has 0 unspecified atom stereocenters. The maximum atomic E-state index is 10.6. The maximum absolute atomic E-state index is 10.6. The van der Waals surface area contributed by atoms with E-state index in [9.17, 15) is 22.0 Å². The van der Waals surface area contributed by atoms with Crippen LogP contribution in [0.4, 0.5) is 22.0 Å². The summed E-state index contributed by atoms with van der Waals surface area (Å²) in [6, 6.07) is 0. The van der Waals surface area contributed by atoms with Crippen molar-refractivity contribution in [1.29, 1.82) is 0 Å². The number of alkyl halides is 5. The lowest BCUT2D eigenvalue weighted by atomic mass is 10.7. The van der Waals surface area contributed by atoms with Crippen molar-refractivity contribution in [1.82, 2.24) is 0 Å². The molecular weight excluding hydrogens is 163 g/mol. The predicted molar refractivity (Wildman–Crippen MR) is 20.8 cm³/mol. The molecule has 7 heteroatoms. The van der Waals surface area contributed by atoms with Crippen LogP contribution in [0.25, 0.3) is 0 Å². The van der Waals surface area contributed by atoms with Crippen LogP contribution in [-0.2, 0) is 4.79 Å². The topological polar surface area (TPSA) is 37.3 Å². The molecule has 0 saturated heterocycles. The Balaban J connectivity index is 0. The Labute approximate surface area is 52.3 Å². The molecule has 0 aromatic heterocycles. The van der Waals surface area contributed by atoms with Gasteiger partial charge in [0.2, 0.25) is 6.93 Å². The van der Waals surface area contributed by atoms with Gasteiger partial charge in [-0.25, -0.2) is 13.6 Å². The molecule has 0 aliphatic carbocycles. The zero-order valence-electron chi connectivity index (χ0n) is 4.45. The number of carboxylic acids is 1. The summed E-state index contributed by atoms with van der Waals surface area (Å²) in [7, 11) is 0. The molecule has 62 valence electrons. The van der Waals surface area contributed by atoms with E-state index in [2.05, 4.69) is 0 Å². The van der Waals surface area contributed by atoms with Gasteiger partial charge in [-0.1, -0.05) is 0 Å². The van der Waals surface area contributed by atoms with Crippen molar-refractivity contribution in [3.8, 4) is 0 Å². The van der Waals surface area contributed by atoms with Crippen molar-refractivity contribution in [3.05, 3.63) is 0 Å². The highest BCUT2D eigenvalue weighted by Crippen LogP contribution is 2.13. The first-order valence-electron chi connectivity index (χ1n) is 1.78. The van der Waals surface area contributed by atoms with Crippen LogP contribution >= 0.6 is 0 Å². The number of carbonyl (C=O) groups is 1. The van der Waals surface area contributed by atoms with Crippen molar-refractivity contribution in [3.63, 3.8) is 0 Å². The number of aliphatic carboxylic acids is 1. The number of carboxylic acid groups (broad SMARTS) is 1. The summed E-state index contributed by atoms with van der Waals surface area (Å²) in [6.45, 7) is -1.75. The summed E-state index contributed by atoms with van der Waals surface area (Å²) in [4.78, 5) is 8.90. The van der Waals surface area contributed by atoms with Crippen LogP contribution in [0.1, 0.15) is 0 Å². The summed E-state index contributed by atoms with van der Waals surface area (Å²) in [6.07, 6.45) is -5.08. The van der Waals surface area contributed by atoms with E-state index in [0.29, 0.717) is 0 Å². The van der Waals surface area contributed by atoms with Gasteiger partial charge in [-0.2, -0.15) is 13.2 Å². The fourth-order valence-corrected chi connectivity index (χ4v) is 0. The largest absolute Gasteiger partial charge is 0.490 e. The third-order valence-electron chi connectivity index (χ3n) is 0.243. The first kappa shape index (κ1) is 11.9. The van der Waals surface area contributed by atoms with E-state index < -0.39 is 19.1 Å². The highest BCUT2D eigenvalue weighted by molar-refractivity contribution is 5.73. The molecule has 0 aliphatic rings. The van der Waals surface area contributed by atoms with Gasteiger partial charge in [0.25, 0.3) is 0 Å². The van der Waals surface area contributed by atoms with E-state index in [1.165, 1.54) is 0 Å². The summed E-state index contributed by atoms with van der Waals surface area (Å²) >= 11 is 0. The van der Waals surface area contributed by atoms with Crippen molar-refractivity contribution >= 4 is 5.97 Å². The van der Waals surface area contributed by atoms with Gasteiger partial charge in [-0.3, -0.25) is 0 Å². The van der Waals surface area contributed by atoms with Gasteiger partial charge in [-0.15, -0.1) is 0 Å². The van der Waals surface area contributed by atoms with Crippen LogP contribution < -0.4 is 0 Å². The molecule has 2 nitrogen and oxygen atoms in total. The second-order valence-electron chi connectivity index (χ2n) is 0.904. The Morgan fingerprint density at radius 3 is 1.40 bits per heavy atom. The number of halogens is 5. The van der Waals surface area contributed by atoms with Gasteiger partial charge in [0.15, 0.2) is 0 Å². The molecule has 0 fully saturated rings. The molecule has 1 N–H and O–H groups in total. The minimum atomic E-state index is -5.08. The van der Waals surface area contributed by atoms with Gasteiger partial charge < -0.3 is 5.11 Å². The third-order valence-corrected chi connectivity index (χ3v) is 0.243. The molecule has 0 heterocycles. The fraction of sp³-hybridized carbons (Fsp3) is 0.667. The predicted octanol–water partition coefficient (Wildman–Crippen LogP) is 1.52. The van der Waals surface area contributed by atoms with E-state index >= 15 is 0 Å². The quantitative estimate of drug-likeness (QED) is 0.554. The van der Waals surface area contributed by atoms with E-state index in [0.717, 1.165) is 0 Å². The molecule has 0 spiro atoms. The molecular formula is C3H3F5O2. The smallest absolute Gasteiger partial charge is 0.475 e. The van der Waals surface area contributed by atoms with Crippen LogP contribution in [0.2, 0.25) is 0 Å². The van der Waals surface area contributed by atoms with Gasteiger partial charge in [0.1, 0.15) is 0 Å². The second kappa shape index (κ2) is 4.95. The lowest BCUT2D eigenvalue weighted by Gasteiger charge is -1.93. The number of hydrogen-bond acceptors (Lipinski definition) is 1. The Morgan fingerprint density at radius 1 is 1.30 bits per heavy atom. The average Bonchev–Trinajstić information content (AvgIpc) is 1.64. The van der Waals surface area contributed by atoms with Gasteiger partial charge in [0.05, 0.1) is 0 Å². The normalized spacial score (nSPS) is 9.70. The number of rotatable bonds is 0. The number of hydrogen-bond donors (Lipinski definition) is 1. The van der Waals surface area contributed by atoms with Gasteiger partial charge in [-0.05, 0) is 0 Å². The summed E-state index contributed by atoms with van der Waals surface area (Å²) in [5.74, 6) is -2.76. The Morgan fingerprint density at radius 2 is 1.40 bits per heavy atom. The molecule has 0 aliphatic heterocycles.